The Bertz CT molecular complexity index is 1690. The number of ether oxygens (including phenoxy) is 2. The average Bonchev–Trinajstić information content (AvgIpc) is 3.06. The minimum Gasteiger partial charge on any atom is -0.489 e. The summed E-state index contributed by atoms with van der Waals surface area (Å²) in [7, 11) is 0. The molecule has 0 aliphatic carbocycles. The van der Waals surface area contributed by atoms with Crippen LogP contribution in [0, 0.1) is 0 Å². The van der Waals surface area contributed by atoms with Crippen molar-refractivity contribution in [3.63, 3.8) is 0 Å². The Kier molecular flexibility index (Phi) is 7.59. The molecule has 0 bridgehead atoms. The monoisotopic (exact) mass is 553 g/mol. The first kappa shape index (κ1) is 26.3. The molecule has 1 heterocycles. The molecule has 0 aromatic heterocycles. The Labute approximate surface area is 243 Å². The van der Waals surface area contributed by atoms with Gasteiger partial charge in [-0.2, -0.15) is 10.0 Å². The standard InChI is InChI=1S/C34H25N4O4/c39-33(27-14-8-3-9-15-27)42-31-22-18-29(19-23-31)38-34(40)37(35-32(36-38)26-12-6-2-7-13-26)28-16-20-30(21-17-28)41-24-25-10-4-1-5-11-25/h1-23H,24H2. The zero-order valence-corrected chi connectivity index (χ0v) is 22.4. The summed E-state index contributed by atoms with van der Waals surface area (Å²) in [4.78, 5) is 26.1. The number of carbonyl (C=O) groups excluding carboxylic acids is 2. The van der Waals surface area contributed by atoms with Gasteiger partial charge in [-0.05, 0) is 66.2 Å². The maximum Gasteiger partial charge on any atom is 0.370 e. The molecule has 0 spiro atoms. The van der Waals surface area contributed by atoms with E-state index in [0.717, 1.165) is 11.1 Å². The van der Waals surface area contributed by atoms with Crippen molar-refractivity contribution in [2.75, 3.05) is 10.0 Å². The second kappa shape index (κ2) is 12.1. The largest absolute Gasteiger partial charge is 0.489 e. The van der Waals surface area contributed by atoms with E-state index < -0.39 is 12.0 Å². The van der Waals surface area contributed by atoms with E-state index in [1.54, 1.807) is 72.8 Å². The lowest BCUT2D eigenvalue weighted by atomic mass is 10.2. The first-order valence-electron chi connectivity index (χ1n) is 13.3. The number of amidine groups is 1. The van der Waals surface area contributed by atoms with Crippen molar-refractivity contribution in [3.8, 4) is 11.5 Å². The van der Waals surface area contributed by atoms with Crippen molar-refractivity contribution >= 4 is 29.2 Å². The molecule has 5 aromatic rings. The number of esters is 1. The van der Waals surface area contributed by atoms with Gasteiger partial charge in [-0.25, -0.2) is 9.59 Å². The van der Waals surface area contributed by atoms with Gasteiger partial charge in [0.15, 0.2) is 5.84 Å². The van der Waals surface area contributed by atoms with Crippen LogP contribution in [0.3, 0.4) is 0 Å². The van der Waals surface area contributed by atoms with Gasteiger partial charge < -0.3 is 9.47 Å². The molecule has 1 radical (unpaired) electrons. The Hall–Kier alpha value is -5.89. The van der Waals surface area contributed by atoms with Gasteiger partial charge in [-0.1, -0.05) is 78.9 Å². The van der Waals surface area contributed by atoms with Crippen molar-refractivity contribution < 1.29 is 19.1 Å². The van der Waals surface area contributed by atoms with Crippen LogP contribution in [0.25, 0.3) is 0 Å². The molecule has 8 heteroatoms. The lowest BCUT2D eigenvalue weighted by Crippen LogP contribution is -2.52. The molecule has 2 amide bonds. The van der Waals surface area contributed by atoms with Gasteiger partial charge in [-0.15, -0.1) is 10.5 Å². The third kappa shape index (κ3) is 5.97. The first-order chi connectivity index (χ1) is 20.6. The maximum absolute atomic E-state index is 13.7. The highest BCUT2D eigenvalue weighted by Gasteiger charge is 2.32. The zero-order valence-electron chi connectivity index (χ0n) is 22.4. The number of amides is 2. The van der Waals surface area contributed by atoms with Crippen molar-refractivity contribution in [2.45, 2.75) is 6.61 Å². The Morgan fingerprint density at radius 2 is 1.17 bits per heavy atom. The van der Waals surface area contributed by atoms with Crippen molar-refractivity contribution in [1.29, 1.82) is 0 Å². The third-order valence-corrected chi connectivity index (χ3v) is 6.41. The molecule has 0 atom stereocenters. The van der Waals surface area contributed by atoms with E-state index in [-0.39, 0.29) is 0 Å². The van der Waals surface area contributed by atoms with E-state index in [4.69, 9.17) is 9.47 Å². The summed E-state index contributed by atoms with van der Waals surface area (Å²) in [5.74, 6) is 0.903. The molecule has 6 rings (SSSR count). The lowest BCUT2D eigenvalue weighted by Gasteiger charge is -2.31. The summed E-state index contributed by atoms with van der Waals surface area (Å²) in [5.41, 5.74) is 7.84. The van der Waals surface area contributed by atoms with E-state index in [1.807, 2.05) is 66.7 Å². The molecular formula is C34H25N4O4. The lowest BCUT2D eigenvalue weighted by molar-refractivity contribution is 0.0734. The first-order valence-corrected chi connectivity index (χ1v) is 13.3. The van der Waals surface area contributed by atoms with Gasteiger partial charge in [0.25, 0.3) is 0 Å². The SMILES string of the molecule is O=C(Oc1ccc(N2[N]C(c3ccccc3)=NN(c3ccc(OCc4ccccc4)cc3)C2=O)cc1)c1ccccc1. The van der Waals surface area contributed by atoms with Crippen LogP contribution in [-0.2, 0) is 6.61 Å². The van der Waals surface area contributed by atoms with Crippen LogP contribution in [-0.4, -0.2) is 17.8 Å². The number of anilines is 2. The predicted molar refractivity (Wildman–Crippen MR) is 161 cm³/mol. The average molecular weight is 554 g/mol. The molecule has 0 saturated heterocycles. The smallest absolute Gasteiger partial charge is 0.370 e. The Balaban J connectivity index is 1.23. The molecule has 8 nitrogen and oxygen atoms in total. The number of carbonyl (C=O) groups is 2. The Morgan fingerprint density at radius 1 is 0.619 bits per heavy atom. The highest BCUT2D eigenvalue weighted by Crippen LogP contribution is 2.28. The van der Waals surface area contributed by atoms with Crippen LogP contribution < -0.4 is 24.9 Å². The molecule has 42 heavy (non-hydrogen) atoms. The topological polar surface area (TPSA) is 85.5 Å². The van der Waals surface area contributed by atoms with Crippen molar-refractivity contribution in [3.05, 3.63) is 156 Å². The molecule has 1 aliphatic rings. The predicted octanol–water partition coefficient (Wildman–Crippen LogP) is 6.81. The molecule has 0 unspecified atom stereocenters. The van der Waals surface area contributed by atoms with E-state index >= 15 is 0 Å². The van der Waals surface area contributed by atoms with Gasteiger partial charge >= 0.3 is 12.0 Å². The summed E-state index contributed by atoms with van der Waals surface area (Å²) in [6.45, 7) is 0.433. The molecule has 0 saturated carbocycles. The summed E-state index contributed by atoms with van der Waals surface area (Å²) >= 11 is 0. The van der Waals surface area contributed by atoms with Crippen LogP contribution in [0.4, 0.5) is 16.2 Å². The molecule has 205 valence electrons. The number of hydrazone groups is 1. The van der Waals surface area contributed by atoms with Crippen LogP contribution in [0.2, 0.25) is 0 Å². The summed E-state index contributed by atoms with van der Waals surface area (Å²) in [5, 5.41) is 7.16. The number of benzene rings is 5. The number of urea groups is 1. The second-order valence-electron chi connectivity index (χ2n) is 9.31. The third-order valence-electron chi connectivity index (χ3n) is 6.41. The van der Waals surface area contributed by atoms with Crippen molar-refractivity contribution in [2.24, 2.45) is 5.10 Å². The van der Waals surface area contributed by atoms with Crippen LogP contribution in [0.5, 0.6) is 11.5 Å². The van der Waals surface area contributed by atoms with E-state index in [2.05, 4.69) is 10.5 Å². The van der Waals surface area contributed by atoms with Gasteiger partial charge in [0.05, 0.1) is 16.9 Å². The minimum atomic E-state index is -0.471. The van der Waals surface area contributed by atoms with E-state index in [9.17, 15) is 9.59 Å². The molecular weight excluding hydrogens is 528 g/mol. The molecule has 0 fully saturated rings. The Morgan fingerprint density at radius 3 is 1.81 bits per heavy atom. The normalized spacial score (nSPS) is 12.8. The molecule has 1 aliphatic heterocycles. The minimum absolute atomic E-state index is 0.344. The van der Waals surface area contributed by atoms with E-state index in [0.29, 0.717) is 40.9 Å². The van der Waals surface area contributed by atoms with Gasteiger partial charge in [0.1, 0.15) is 18.1 Å². The summed E-state index contributed by atoms with van der Waals surface area (Å²) < 4.78 is 11.4. The highest BCUT2D eigenvalue weighted by molar-refractivity contribution is 6.12. The van der Waals surface area contributed by atoms with E-state index in [1.165, 1.54) is 10.0 Å². The fourth-order valence-corrected chi connectivity index (χ4v) is 4.24. The van der Waals surface area contributed by atoms with Gasteiger partial charge in [0, 0.05) is 5.56 Å². The molecule has 5 aromatic carbocycles. The van der Waals surface area contributed by atoms with Crippen LogP contribution in [0.1, 0.15) is 21.5 Å². The summed E-state index contributed by atoms with van der Waals surface area (Å²) in [6, 6.07) is 41.3. The number of nitrogens with zero attached hydrogens (tertiary/aromatic N) is 4. The van der Waals surface area contributed by atoms with Crippen LogP contribution >= 0.6 is 0 Å². The quantitative estimate of drug-likeness (QED) is 0.156. The second-order valence-corrected chi connectivity index (χ2v) is 9.31. The molecule has 0 N–H and O–H groups in total. The van der Waals surface area contributed by atoms with Gasteiger partial charge in [0.2, 0.25) is 0 Å². The number of rotatable bonds is 8. The highest BCUT2D eigenvalue weighted by atomic mass is 16.5. The van der Waals surface area contributed by atoms with Crippen LogP contribution in [0.15, 0.2) is 145 Å². The summed E-state index contributed by atoms with van der Waals surface area (Å²) in [6.07, 6.45) is 0. The number of hydrogen-bond donors (Lipinski definition) is 0. The fraction of sp³-hybridized carbons (Fsp3) is 0.0294. The number of hydrogen-bond acceptors (Lipinski definition) is 5. The van der Waals surface area contributed by atoms with Gasteiger partial charge in [-0.3, -0.25) is 0 Å². The fourth-order valence-electron chi connectivity index (χ4n) is 4.24. The maximum atomic E-state index is 13.7. The van der Waals surface area contributed by atoms with Crippen molar-refractivity contribution in [1.82, 2.24) is 5.43 Å². The zero-order chi connectivity index (χ0) is 28.7.